The van der Waals surface area contributed by atoms with Crippen LogP contribution in [0.1, 0.15) is 18.4 Å². The largest absolute Gasteiger partial charge is 0.482 e. The molecule has 0 aliphatic carbocycles. The Labute approximate surface area is 163 Å². The smallest absolute Gasteiger partial charge is 0.258 e. The number of nitrogens with zero attached hydrogens (tertiary/aromatic N) is 2. The Balaban J connectivity index is 1.57. The molecule has 1 aromatic carbocycles. The summed E-state index contributed by atoms with van der Waals surface area (Å²) in [6.07, 6.45) is 5.02. The highest BCUT2D eigenvalue weighted by Gasteiger charge is 2.27. The molecule has 1 fully saturated rings. The van der Waals surface area contributed by atoms with Crippen molar-refractivity contribution in [3.63, 3.8) is 0 Å². The molecule has 0 radical (unpaired) electrons. The van der Waals surface area contributed by atoms with Crippen LogP contribution >= 0.6 is 11.6 Å². The van der Waals surface area contributed by atoms with Gasteiger partial charge in [-0.15, -0.1) is 0 Å². The molecule has 9 heteroatoms. The highest BCUT2D eigenvalue weighted by Crippen LogP contribution is 2.29. The second-order valence-electron chi connectivity index (χ2n) is 6.12. The molecule has 1 saturated heterocycles. The van der Waals surface area contributed by atoms with Gasteiger partial charge in [0.2, 0.25) is 10.0 Å². The third kappa shape index (κ3) is 4.97. The molecule has 0 saturated carbocycles. The molecule has 7 nitrogen and oxygen atoms in total. The minimum absolute atomic E-state index is 0.129. The van der Waals surface area contributed by atoms with Crippen LogP contribution in [0, 0.1) is 0 Å². The van der Waals surface area contributed by atoms with Crippen molar-refractivity contribution in [3.05, 3.63) is 53.3 Å². The summed E-state index contributed by atoms with van der Waals surface area (Å²) in [5, 5.41) is 2.87. The number of rotatable bonds is 7. The second-order valence-corrected chi connectivity index (χ2v) is 8.47. The van der Waals surface area contributed by atoms with Crippen LogP contribution in [0.4, 0.5) is 0 Å². The van der Waals surface area contributed by atoms with Crippen LogP contribution in [0.2, 0.25) is 5.02 Å². The van der Waals surface area contributed by atoms with Gasteiger partial charge in [0.05, 0.1) is 9.92 Å². The molecule has 1 amide bonds. The Kier molecular flexibility index (Phi) is 6.30. The lowest BCUT2D eigenvalue weighted by Crippen LogP contribution is -2.28. The van der Waals surface area contributed by atoms with Crippen LogP contribution in [0.3, 0.4) is 0 Å². The van der Waals surface area contributed by atoms with Gasteiger partial charge < -0.3 is 10.1 Å². The van der Waals surface area contributed by atoms with E-state index in [9.17, 15) is 13.2 Å². The van der Waals surface area contributed by atoms with Gasteiger partial charge in [-0.1, -0.05) is 11.6 Å². The summed E-state index contributed by atoms with van der Waals surface area (Å²) in [5.74, 6) is -0.0484. The number of hydrogen-bond acceptors (Lipinski definition) is 5. The van der Waals surface area contributed by atoms with Gasteiger partial charge in [-0.2, -0.15) is 4.31 Å². The summed E-state index contributed by atoms with van der Waals surface area (Å²) in [5.41, 5.74) is 0.924. The number of benzene rings is 1. The van der Waals surface area contributed by atoms with Crippen LogP contribution < -0.4 is 10.1 Å². The monoisotopic (exact) mass is 409 g/mol. The number of pyridine rings is 1. The number of aromatic nitrogens is 1. The first-order valence-electron chi connectivity index (χ1n) is 8.55. The van der Waals surface area contributed by atoms with Crippen molar-refractivity contribution in [3.8, 4) is 5.75 Å². The van der Waals surface area contributed by atoms with Gasteiger partial charge in [-0.25, -0.2) is 8.42 Å². The Hall–Kier alpha value is -2.16. The summed E-state index contributed by atoms with van der Waals surface area (Å²) in [6, 6.07) is 7.89. The summed E-state index contributed by atoms with van der Waals surface area (Å²) in [4.78, 5) is 15.9. The molecule has 0 unspecified atom stereocenters. The van der Waals surface area contributed by atoms with Crippen LogP contribution in [-0.2, 0) is 21.4 Å². The molecule has 3 rings (SSSR count). The maximum Gasteiger partial charge on any atom is 0.258 e. The van der Waals surface area contributed by atoms with Crippen LogP contribution in [0.5, 0.6) is 5.75 Å². The number of carbonyl (C=O) groups excluding carboxylic acids is 1. The van der Waals surface area contributed by atoms with E-state index in [1.165, 1.54) is 22.5 Å². The summed E-state index contributed by atoms with van der Waals surface area (Å²) in [6.45, 7) is 1.19. The molecule has 1 aromatic heterocycles. The predicted molar refractivity (Wildman–Crippen MR) is 101 cm³/mol. The third-order valence-electron chi connectivity index (χ3n) is 4.20. The van der Waals surface area contributed by atoms with Gasteiger partial charge in [0.25, 0.3) is 5.91 Å². The maximum atomic E-state index is 12.5. The van der Waals surface area contributed by atoms with Crippen LogP contribution in [-0.4, -0.2) is 43.3 Å². The summed E-state index contributed by atoms with van der Waals surface area (Å²) < 4.78 is 31.9. The topological polar surface area (TPSA) is 88.6 Å². The van der Waals surface area contributed by atoms with E-state index < -0.39 is 10.0 Å². The maximum absolute atomic E-state index is 12.5. The van der Waals surface area contributed by atoms with Gasteiger partial charge in [-0.05, 0) is 48.7 Å². The number of halogens is 1. The van der Waals surface area contributed by atoms with Crippen molar-refractivity contribution in [2.24, 2.45) is 0 Å². The quantitative estimate of drug-likeness (QED) is 0.757. The molecule has 27 heavy (non-hydrogen) atoms. The van der Waals surface area contributed by atoms with Crippen molar-refractivity contribution in [1.82, 2.24) is 14.6 Å². The zero-order valence-electron chi connectivity index (χ0n) is 14.6. The normalized spacial score (nSPS) is 14.9. The number of nitrogens with one attached hydrogen (secondary N) is 1. The Morgan fingerprint density at radius 2 is 1.89 bits per heavy atom. The van der Waals surface area contributed by atoms with Crippen LogP contribution in [0.15, 0.2) is 47.6 Å². The van der Waals surface area contributed by atoms with E-state index in [-0.39, 0.29) is 28.2 Å². The molecule has 1 aliphatic rings. The number of hydrogen-bond donors (Lipinski definition) is 1. The summed E-state index contributed by atoms with van der Waals surface area (Å²) >= 11 is 6.15. The number of carbonyl (C=O) groups is 1. The van der Waals surface area contributed by atoms with E-state index in [1.807, 2.05) is 0 Å². The molecule has 0 spiro atoms. The standard InChI is InChI=1S/C18H20ClN3O4S/c19-16-11-15(27(24,25)22-9-1-2-10-22)3-4-17(16)26-13-18(23)21-12-14-5-7-20-8-6-14/h3-8,11H,1-2,9-10,12-13H2,(H,21,23). The first-order chi connectivity index (χ1) is 13.0. The third-order valence-corrected chi connectivity index (χ3v) is 6.39. The minimum Gasteiger partial charge on any atom is -0.482 e. The van der Waals surface area contributed by atoms with E-state index >= 15 is 0 Å². The lowest BCUT2D eigenvalue weighted by atomic mass is 10.3. The summed E-state index contributed by atoms with van der Waals surface area (Å²) in [7, 11) is -3.54. The van der Waals surface area contributed by atoms with Crippen molar-refractivity contribution < 1.29 is 17.9 Å². The highest BCUT2D eigenvalue weighted by atomic mass is 35.5. The molecular weight excluding hydrogens is 390 g/mol. The predicted octanol–water partition coefficient (Wildman–Crippen LogP) is 2.21. The highest BCUT2D eigenvalue weighted by molar-refractivity contribution is 7.89. The molecule has 0 atom stereocenters. The minimum atomic E-state index is -3.54. The molecule has 0 bridgehead atoms. The molecule has 144 valence electrons. The first-order valence-corrected chi connectivity index (χ1v) is 10.4. The fraction of sp³-hybridized carbons (Fsp3) is 0.333. The average Bonchev–Trinajstić information content (AvgIpc) is 3.22. The SMILES string of the molecule is O=C(COc1ccc(S(=O)(=O)N2CCCC2)cc1Cl)NCc1ccncc1. The Bertz CT molecular complexity index is 900. The zero-order valence-corrected chi connectivity index (χ0v) is 16.2. The van der Waals surface area contributed by atoms with Crippen molar-refractivity contribution >= 4 is 27.5 Å². The molecule has 1 aliphatic heterocycles. The number of sulfonamides is 1. The molecular formula is C18H20ClN3O4S. The number of ether oxygens (including phenoxy) is 1. The van der Waals surface area contributed by atoms with E-state index in [4.69, 9.17) is 16.3 Å². The Morgan fingerprint density at radius 1 is 1.19 bits per heavy atom. The fourth-order valence-electron chi connectivity index (χ4n) is 2.73. The molecule has 2 aromatic rings. The Morgan fingerprint density at radius 3 is 2.56 bits per heavy atom. The van der Waals surface area contributed by atoms with Crippen molar-refractivity contribution in [2.45, 2.75) is 24.3 Å². The van der Waals surface area contributed by atoms with Gasteiger partial charge in [0, 0.05) is 32.0 Å². The lowest BCUT2D eigenvalue weighted by Gasteiger charge is -2.16. The van der Waals surface area contributed by atoms with Gasteiger partial charge in [0.15, 0.2) is 6.61 Å². The van der Waals surface area contributed by atoms with E-state index in [1.54, 1.807) is 24.5 Å². The van der Waals surface area contributed by atoms with Crippen LogP contribution in [0.25, 0.3) is 0 Å². The zero-order chi connectivity index (χ0) is 19.3. The van der Waals surface area contributed by atoms with E-state index in [0.717, 1.165) is 18.4 Å². The van der Waals surface area contributed by atoms with E-state index in [2.05, 4.69) is 10.3 Å². The second kappa shape index (κ2) is 8.69. The molecule has 1 N–H and O–H groups in total. The van der Waals surface area contributed by atoms with Gasteiger partial charge >= 0.3 is 0 Å². The average molecular weight is 410 g/mol. The fourth-order valence-corrected chi connectivity index (χ4v) is 4.58. The van der Waals surface area contributed by atoms with E-state index in [0.29, 0.717) is 19.6 Å². The first kappa shape index (κ1) is 19.6. The molecule has 2 heterocycles. The van der Waals surface area contributed by atoms with Crippen molar-refractivity contribution in [2.75, 3.05) is 19.7 Å². The van der Waals surface area contributed by atoms with Crippen molar-refractivity contribution in [1.29, 1.82) is 0 Å². The van der Waals surface area contributed by atoms with Gasteiger partial charge in [-0.3, -0.25) is 9.78 Å². The lowest BCUT2D eigenvalue weighted by molar-refractivity contribution is -0.123. The number of amides is 1. The van der Waals surface area contributed by atoms with Gasteiger partial charge in [0.1, 0.15) is 5.75 Å².